The predicted octanol–water partition coefficient (Wildman–Crippen LogP) is 1.24. The lowest BCUT2D eigenvalue weighted by atomic mass is 10.0. The number of likely N-dealkylation sites (N-methyl/N-ethyl adjacent to an activating group) is 1. The molecule has 24 heavy (non-hydrogen) atoms. The fourth-order valence-electron chi connectivity index (χ4n) is 3.33. The largest absolute Gasteiger partial charge is 0.366 e. The Morgan fingerprint density at radius 3 is 2.75 bits per heavy atom. The van der Waals surface area contributed by atoms with Gasteiger partial charge in [-0.05, 0) is 26.0 Å². The number of carbonyl (C=O) groups excluding carboxylic acids is 1. The number of benzene rings is 1. The number of likely N-dealkylation sites (tertiary alicyclic amines) is 1. The summed E-state index contributed by atoms with van der Waals surface area (Å²) in [6, 6.07) is 7.10. The van der Waals surface area contributed by atoms with Crippen molar-refractivity contribution in [1.29, 1.82) is 0 Å². The molecule has 6 heteroatoms. The van der Waals surface area contributed by atoms with E-state index in [-0.39, 0.29) is 23.9 Å². The molecule has 1 N–H and O–H groups in total. The summed E-state index contributed by atoms with van der Waals surface area (Å²) in [7, 11) is 2.00. The van der Waals surface area contributed by atoms with Crippen molar-refractivity contribution in [3.63, 3.8) is 0 Å². The number of halogens is 1. The molecule has 132 valence electrons. The first-order chi connectivity index (χ1) is 11.6. The minimum Gasteiger partial charge on any atom is -0.366 e. The average Bonchev–Trinajstić information content (AvgIpc) is 2.58. The van der Waals surface area contributed by atoms with Gasteiger partial charge in [-0.25, -0.2) is 4.39 Å². The minimum atomic E-state index is -0.361. The van der Waals surface area contributed by atoms with Crippen molar-refractivity contribution < 1.29 is 13.9 Å². The molecule has 2 saturated heterocycles. The molecule has 1 aromatic carbocycles. The van der Waals surface area contributed by atoms with Gasteiger partial charge in [-0.15, -0.1) is 0 Å². The second-order valence-electron chi connectivity index (χ2n) is 6.77. The third-order valence-electron chi connectivity index (χ3n) is 4.85. The lowest BCUT2D eigenvalue weighted by Crippen LogP contribution is -2.52. The summed E-state index contributed by atoms with van der Waals surface area (Å²) in [5, 5.41) is 3.11. The number of morpholine rings is 1. The highest BCUT2D eigenvalue weighted by Gasteiger charge is 2.28. The minimum absolute atomic E-state index is 0.00546. The van der Waals surface area contributed by atoms with Crippen LogP contribution < -0.4 is 5.32 Å². The Balaban J connectivity index is 1.43. The molecule has 1 aromatic rings. The van der Waals surface area contributed by atoms with Crippen molar-refractivity contribution in [2.75, 3.05) is 39.8 Å². The molecule has 0 bridgehead atoms. The molecular weight excluding hydrogens is 309 g/mol. The lowest BCUT2D eigenvalue weighted by molar-refractivity contribution is -0.138. The zero-order chi connectivity index (χ0) is 16.9. The van der Waals surface area contributed by atoms with Gasteiger partial charge in [-0.3, -0.25) is 9.69 Å². The molecule has 0 spiro atoms. The van der Waals surface area contributed by atoms with E-state index in [4.69, 9.17) is 4.74 Å². The summed E-state index contributed by atoms with van der Waals surface area (Å²) in [6.45, 7) is 4.49. The van der Waals surface area contributed by atoms with Gasteiger partial charge in [-0.2, -0.15) is 0 Å². The van der Waals surface area contributed by atoms with Crippen LogP contribution in [0.1, 0.15) is 18.4 Å². The highest BCUT2D eigenvalue weighted by Crippen LogP contribution is 2.16. The molecule has 2 heterocycles. The van der Waals surface area contributed by atoms with Crippen molar-refractivity contribution in [3.05, 3.63) is 35.6 Å². The van der Waals surface area contributed by atoms with Crippen molar-refractivity contribution in [2.45, 2.75) is 31.5 Å². The zero-order valence-electron chi connectivity index (χ0n) is 14.2. The average molecular weight is 335 g/mol. The van der Waals surface area contributed by atoms with Crippen LogP contribution in [0.5, 0.6) is 0 Å². The van der Waals surface area contributed by atoms with Crippen LogP contribution in [0, 0.1) is 5.82 Å². The number of nitrogens with one attached hydrogen (secondary N) is 1. The fraction of sp³-hybridized carbons (Fsp3) is 0.611. The second kappa shape index (κ2) is 8.05. The number of ether oxygens (including phenoxy) is 1. The summed E-state index contributed by atoms with van der Waals surface area (Å²) < 4.78 is 19.3. The Kier molecular flexibility index (Phi) is 5.81. The van der Waals surface area contributed by atoms with E-state index in [1.54, 1.807) is 6.07 Å². The van der Waals surface area contributed by atoms with Crippen LogP contribution in [0.2, 0.25) is 0 Å². The van der Waals surface area contributed by atoms with Crippen LogP contribution in [-0.2, 0) is 16.1 Å². The van der Waals surface area contributed by atoms with Gasteiger partial charge < -0.3 is 15.0 Å². The van der Waals surface area contributed by atoms with Crippen LogP contribution in [0.4, 0.5) is 4.39 Å². The topological polar surface area (TPSA) is 44.8 Å². The molecule has 0 aromatic heterocycles. The first kappa shape index (κ1) is 17.3. The van der Waals surface area contributed by atoms with Crippen LogP contribution >= 0.6 is 0 Å². The number of piperidine rings is 1. The Hall–Kier alpha value is -1.50. The number of carbonyl (C=O) groups is 1. The Morgan fingerprint density at radius 1 is 1.29 bits per heavy atom. The van der Waals surface area contributed by atoms with Crippen molar-refractivity contribution in [1.82, 2.24) is 15.1 Å². The van der Waals surface area contributed by atoms with Gasteiger partial charge in [0.1, 0.15) is 11.9 Å². The maximum Gasteiger partial charge on any atom is 0.250 e. The lowest BCUT2D eigenvalue weighted by Gasteiger charge is -2.34. The summed E-state index contributed by atoms with van der Waals surface area (Å²) in [6.07, 6.45) is 1.42. The van der Waals surface area contributed by atoms with Gasteiger partial charge in [0.25, 0.3) is 5.91 Å². The number of amides is 1. The maximum absolute atomic E-state index is 13.7. The normalized spacial score (nSPS) is 24.0. The monoisotopic (exact) mass is 335 g/mol. The summed E-state index contributed by atoms with van der Waals surface area (Å²) in [4.78, 5) is 16.7. The second-order valence-corrected chi connectivity index (χ2v) is 6.77. The summed E-state index contributed by atoms with van der Waals surface area (Å²) in [5.74, 6) is -0.152. The van der Waals surface area contributed by atoms with Gasteiger partial charge >= 0.3 is 0 Å². The van der Waals surface area contributed by atoms with Gasteiger partial charge in [0, 0.05) is 44.3 Å². The van der Waals surface area contributed by atoms with Crippen molar-refractivity contribution in [3.8, 4) is 0 Å². The first-order valence-corrected chi connectivity index (χ1v) is 8.68. The maximum atomic E-state index is 13.7. The molecule has 0 aliphatic carbocycles. The molecule has 1 unspecified atom stereocenters. The first-order valence-electron chi connectivity index (χ1n) is 8.68. The molecule has 0 saturated carbocycles. The number of nitrogens with zero attached hydrogens (tertiary/aromatic N) is 2. The van der Waals surface area contributed by atoms with Gasteiger partial charge in [0.05, 0.1) is 6.61 Å². The third-order valence-corrected chi connectivity index (χ3v) is 4.85. The fourth-order valence-corrected chi connectivity index (χ4v) is 3.33. The number of hydrogen-bond donors (Lipinski definition) is 1. The molecule has 3 rings (SSSR count). The molecular formula is C18H26FN3O2. The van der Waals surface area contributed by atoms with Gasteiger partial charge in [-0.1, -0.05) is 18.2 Å². The molecule has 0 radical (unpaired) electrons. The van der Waals surface area contributed by atoms with Crippen molar-refractivity contribution >= 4 is 5.91 Å². The summed E-state index contributed by atoms with van der Waals surface area (Å²) in [5.41, 5.74) is 0.735. The molecule has 1 amide bonds. The highest BCUT2D eigenvalue weighted by atomic mass is 19.1. The van der Waals surface area contributed by atoms with E-state index in [0.717, 1.165) is 38.0 Å². The molecule has 1 atom stereocenters. The Labute approximate surface area is 142 Å². The summed E-state index contributed by atoms with van der Waals surface area (Å²) >= 11 is 0. The van der Waals surface area contributed by atoms with E-state index in [0.29, 0.717) is 19.7 Å². The molecule has 2 fully saturated rings. The smallest absolute Gasteiger partial charge is 0.250 e. The third kappa shape index (κ3) is 4.53. The number of rotatable bonds is 4. The quantitative estimate of drug-likeness (QED) is 0.899. The van der Waals surface area contributed by atoms with E-state index in [1.807, 2.05) is 19.2 Å². The highest BCUT2D eigenvalue weighted by molar-refractivity contribution is 5.81. The van der Waals surface area contributed by atoms with Crippen LogP contribution in [0.15, 0.2) is 24.3 Å². The van der Waals surface area contributed by atoms with E-state index in [1.165, 1.54) is 6.07 Å². The van der Waals surface area contributed by atoms with E-state index >= 15 is 0 Å². The molecule has 2 aliphatic rings. The SMILES string of the molecule is CN1CCOC(C(=O)NC2CCN(Cc3ccccc3F)CC2)C1. The predicted molar refractivity (Wildman–Crippen MR) is 90.1 cm³/mol. The van der Waals surface area contributed by atoms with Crippen molar-refractivity contribution in [2.24, 2.45) is 0 Å². The van der Waals surface area contributed by atoms with Crippen LogP contribution in [-0.4, -0.2) is 67.7 Å². The Morgan fingerprint density at radius 2 is 2.04 bits per heavy atom. The van der Waals surface area contributed by atoms with E-state index < -0.39 is 0 Å². The standard InChI is InChI=1S/C18H26FN3O2/c1-21-10-11-24-17(13-21)18(23)20-15-6-8-22(9-7-15)12-14-4-2-3-5-16(14)19/h2-5,15,17H,6-13H2,1H3,(H,20,23). The van der Waals surface area contributed by atoms with Gasteiger partial charge in [0.2, 0.25) is 0 Å². The molecule has 2 aliphatic heterocycles. The van der Waals surface area contributed by atoms with Crippen LogP contribution in [0.25, 0.3) is 0 Å². The van der Waals surface area contributed by atoms with E-state index in [2.05, 4.69) is 15.1 Å². The van der Waals surface area contributed by atoms with Crippen LogP contribution in [0.3, 0.4) is 0 Å². The Bertz CT molecular complexity index is 561. The molecule has 5 nitrogen and oxygen atoms in total. The van der Waals surface area contributed by atoms with E-state index in [9.17, 15) is 9.18 Å². The zero-order valence-corrected chi connectivity index (χ0v) is 14.2. The number of hydrogen-bond acceptors (Lipinski definition) is 4. The van der Waals surface area contributed by atoms with Gasteiger partial charge in [0.15, 0.2) is 0 Å².